The maximum absolute atomic E-state index is 12.1. The Morgan fingerprint density at radius 3 is 2.55 bits per heavy atom. The molecule has 0 saturated carbocycles. The van der Waals surface area contributed by atoms with E-state index in [9.17, 15) is 4.79 Å². The van der Waals surface area contributed by atoms with E-state index in [0.29, 0.717) is 17.5 Å². The topological polar surface area (TPSA) is 23.6 Å². The van der Waals surface area contributed by atoms with Crippen LogP contribution in [0.1, 0.15) is 30.6 Å². The maximum Gasteiger partial charge on any atom is 0.164 e. The molecule has 0 atom stereocenters. The predicted octanol–water partition coefficient (Wildman–Crippen LogP) is 2.94. The third kappa shape index (κ3) is 4.30. The number of carbonyl (C=O) groups is 1. The van der Waals surface area contributed by atoms with E-state index in [1.165, 1.54) is 0 Å². The number of Topliss-reactive ketones (excluding diaryl/α,β-unsaturated/α-hetero) is 1. The van der Waals surface area contributed by atoms with E-state index in [1.807, 2.05) is 12.1 Å². The summed E-state index contributed by atoms with van der Waals surface area (Å²) in [7, 11) is 0. The zero-order valence-electron chi connectivity index (χ0n) is 12.3. The van der Waals surface area contributed by atoms with E-state index in [-0.39, 0.29) is 5.78 Å². The molecular formula is C16H23ClN2O. The molecule has 0 N–H and O–H groups in total. The number of hydrogen-bond donors (Lipinski definition) is 0. The van der Waals surface area contributed by atoms with Crippen molar-refractivity contribution in [1.29, 1.82) is 0 Å². The number of hydrogen-bond acceptors (Lipinski definition) is 3. The molecule has 0 amide bonds. The Kier molecular flexibility index (Phi) is 5.58. The Hall–Kier alpha value is -0.900. The van der Waals surface area contributed by atoms with E-state index in [0.717, 1.165) is 38.3 Å². The SMILES string of the molecule is CC(C)N1CCN(CCC(=O)c2cccc(Cl)c2)CC1. The lowest BCUT2D eigenvalue weighted by molar-refractivity contribution is 0.0890. The van der Waals surface area contributed by atoms with Crippen molar-refractivity contribution in [3.63, 3.8) is 0 Å². The summed E-state index contributed by atoms with van der Waals surface area (Å²) >= 11 is 5.92. The molecule has 1 fully saturated rings. The highest BCUT2D eigenvalue weighted by atomic mass is 35.5. The lowest BCUT2D eigenvalue weighted by Crippen LogP contribution is -2.49. The highest BCUT2D eigenvalue weighted by Crippen LogP contribution is 2.13. The van der Waals surface area contributed by atoms with Gasteiger partial charge in [-0.15, -0.1) is 0 Å². The molecule has 1 aromatic rings. The van der Waals surface area contributed by atoms with Crippen molar-refractivity contribution in [3.05, 3.63) is 34.9 Å². The molecule has 0 spiro atoms. The third-order valence-corrected chi connectivity index (χ3v) is 4.17. The number of rotatable bonds is 5. The van der Waals surface area contributed by atoms with Crippen LogP contribution < -0.4 is 0 Å². The summed E-state index contributed by atoms with van der Waals surface area (Å²) in [4.78, 5) is 17.0. The van der Waals surface area contributed by atoms with E-state index in [2.05, 4.69) is 23.6 Å². The van der Waals surface area contributed by atoms with Crippen molar-refractivity contribution in [3.8, 4) is 0 Å². The monoisotopic (exact) mass is 294 g/mol. The fourth-order valence-electron chi connectivity index (χ4n) is 2.57. The van der Waals surface area contributed by atoms with Crippen molar-refractivity contribution in [2.45, 2.75) is 26.3 Å². The molecule has 20 heavy (non-hydrogen) atoms. The van der Waals surface area contributed by atoms with Gasteiger partial charge in [0.2, 0.25) is 0 Å². The van der Waals surface area contributed by atoms with Crippen LogP contribution in [0.15, 0.2) is 24.3 Å². The van der Waals surface area contributed by atoms with Crippen LogP contribution in [-0.4, -0.2) is 54.3 Å². The second kappa shape index (κ2) is 7.21. The number of ketones is 1. The van der Waals surface area contributed by atoms with Crippen molar-refractivity contribution in [1.82, 2.24) is 9.80 Å². The largest absolute Gasteiger partial charge is 0.300 e. The molecule has 4 heteroatoms. The van der Waals surface area contributed by atoms with E-state index < -0.39 is 0 Å². The van der Waals surface area contributed by atoms with Crippen LogP contribution in [0.4, 0.5) is 0 Å². The van der Waals surface area contributed by atoms with Crippen LogP contribution in [0.25, 0.3) is 0 Å². The van der Waals surface area contributed by atoms with Gasteiger partial charge in [-0.3, -0.25) is 9.69 Å². The van der Waals surface area contributed by atoms with Gasteiger partial charge in [0.05, 0.1) is 0 Å². The van der Waals surface area contributed by atoms with Gasteiger partial charge in [0.1, 0.15) is 0 Å². The standard InChI is InChI=1S/C16H23ClN2O/c1-13(2)19-10-8-18(9-11-19)7-6-16(20)14-4-3-5-15(17)12-14/h3-5,12-13H,6-11H2,1-2H3. The van der Waals surface area contributed by atoms with E-state index in [1.54, 1.807) is 12.1 Å². The molecule has 2 rings (SSSR count). The molecule has 110 valence electrons. The summed E-state index contributed by atoms with van der Waals surface area (Å²) in [6, 6.07) is 7.83. The Morgan fingerprint density at radius 1 is 1.25 bits per heavy atom. The van der Waals surface area contributed by atoms with Gasteiger partial charge in [-0.1, -0.05) is 23.7 Å². The van der Waals surface area contributed by atoms with Gasteiger partial charge >= 0.3 is 0 Å². The number of benzene rings is 1. The summed E-state index contributed by atoms with van der Waals surface area (Å²) in [6.07, 6.45) is 0.571. The van der Waals surface area contributed by atoms with Crippen molar-refractivity contribution in [2.24, 2.45) is 0 Å². The fraction of sp³-hybridized carbons (Fsp3) is 0.562. The zero-order valence-corrected chi connectivity index (χ0v) is 13.1. The smallest absolute Gasteiger partial charge is 0.164 e. The minimum absolute atomic E-state index is 0.179. The molecule has 0 aromatic heterocycles. The highest BCUT2D eigenvalue weighted by molar-refractivity contribution is 6.31. The normalized spacial score (nSPS) is 17.6. The predicted molar refractivity (Wildman–Crippen MR) is 83.5 cm³/mol. The molecule has 1 aliphatic rings. The van der Waals surface area contributed by atoms with Crippen LogP contribution in [0, 0.1) is 0 Å². The molecule has 0 radical (unpaired) electrons. The summed E-state index contributed by atoms with van der Waals surface area (Å²) in [5, 5.41) is 0.626. The average molecular weight is 295 g/mol. The van der Waals surface area contributed by atoms with Gasteiger partial charge < -0.3 is 4.90 Å². The third-order valence-electron chi connectivity index (χ3n) is 3.94. The Morgan fingerprint density at radius 2 is 1.95 bits per heavy atom. The van der Waals surface area contributed by atoms with Crippen LogP contribution in [0.2, 0.25) is 5.02 Å². The van der Waals surface area contributed by atoms with Crippen LogP contribution in [0.3, 0.4) is 0 Å². The zero-order chi connectivity index (χ0) is 14.5. The average Bonchev–Trinajstić information content (AvgIpc) is 2.45. The quantitative estimate of drug-likeness (QED) is 0.780. The minimum Gasteiger partial charge on any atom is -0.300 e. The minimum atomic E-state index is 0.179. The van der Waals surface area contributed by atoms with Gasteiger partial charge in [-0.25, -0.2) is 0 Å². The second-order valence-corrected chi connectivity index (χ2v) is 6.09. The first-order valence-corrected chi connectivity index (χ1v) is 7.69. The van der Waals surface area contributed by atoms with Crippen LogP contribution in [-0.2, 0) is 0 Å². The molecule has 1 aromatic carbocycles. The summed E-state index contributed by atoms with van der Waals surface area (Å²) in [6.45, 7) is 9.63. The Labute approximate surface area is 126 Å². The Bertz CT molecular complexity index is 454. The lowest BCUT2D eigenvalue weighted by atomic mass is 10.1. The molecule has 0 aliphatic carbocycles. The number of nitrogens with zero attached hydrogens (tertiary/aromatic N) is 2. The van der Waals surface area contributed by atoms with Gasteiger partial charge in [-0.05, 0) is 26.0 Å². The van der Waals surface area contributed by atoms with Gasteiger partial charge in [-0.2, -0.15) is 0 Å². The lowest BCUT2D eigenvalue weighted by Gasteiger charge is -2.36. The van der Waals surface area contributed by atoms with Gasteiger partial charge in [0.15, 0.2) is 5.78 Å². The first kappa shape index (κ1) is 15.5. The number of halogens is 1. The van der Waals surface area contributed by atoms with Crippen molar-refractivity contribution in [2.75, 3.05) is 32.7 Å². The summed E-state index contributed by atoms with van der Waals surface area (Å²) < 4.78 is 0. The summed E-state index contributed by atoms with van der Waals surface area (Å²) in [5.41, 5.74) is 0.721. The molecular weight excluding hydrogens is 272 g/mol. The second-order valence-electron chi connectivity index (χ2n) is 5.65. The molecule has 1 saturated heterocycles. The number of carbonyl (C=O) groups excluding carboxylic acids is 1. The van der Waals surface area contributed by atoms with Crippen LogP contribution in [0.5, 0.6) is 0 Å². The van der Waals surface area contributed by atoms with Crippen LogP contribution >= 0.6 is 11.6 Å². The maximum atomic E-state index is 12.1. The molecule has 0 bridgehead atoms. The molecule has 1 heterocycles. The van der Waals surface area contributed by atoms with E-state index in [4.69, 9.17) is 11.6 Å². The van der Waals surface area contributed by atoms with Gasteiger partial charge in [0, 0.05) is 55.8 Å². The number of piperazine rings is 1. The van der Waals surface area contributed by atoms with Crippen molar-refractivity contribution < 1.29 is 4.79 Å². The fourth-order valence-corrected chi connectivity index (χ4v) is 2.76. The first-order chi connectivity index (χ1) is 9.56. The van der Waals surface area contributed by atoms with Crippen molar-refractivity contribution >= 4 is 17.4 Å². The van der Waals surface area contributed by atoms with E-state index >= 15 is 0 Å². The molecule has 0 unspecified atom stereocenters. The molecule has 3 nitrogen and oxygen atoms in total. The molecule has 1 aliphatic heterocycles. The summed E-state index contributed by atoms with van der Waals surface area (Å²) in [5.74, 6) is 0.179. The van der Waals surface area contributed by atoms with Gasteiger partial charge in [0.25, 0.3) is 0 Å². The first-order valence-electron chi connectivity index (χ1n) is 7.31. The highest BCUT2D eigenvalue weighted by Gasteiger charge is 2.19. The Balaban J connectivity index is 1.77.